The number of nitrogens with zero attached hydrogens (tertiary/aromatic N) is 1. The predicted octanol–water partition coefficient (Wildman–Crippen LogP) is -0.475. The van der Waals surface area contributed by atoms with E-state index < -0.39 is 10.0 Å². The molecule has 0 aliphatic carbocycles. The molecule has 110 valence electrons. The van der Waals surface area contributed by atoms with Crippen LogP contribution in [0.2, 0.25) is 0 Å². The minimum atomic E-state index is -3.15. The molecule has 2 aliphatic rings. The Morgan fingerprint density at radius 1 is 1.26 bits per heavy atom. The van der Waals surface area contributed by atoms with Crippen molar-refractivity contribution in [2.45, 2.75) is 38.3 Å². The van der Waals surface area contributed by atoms with Crippen LogP contribution in [-0.4, -0.2) is 57.2 Å². The van der Waals surface area contributed by atoms with Gasteiger partial charge in [0.05, 0.1) is 12.3 Å². The van der Waals surface area contributed by atoms with Crippen molar-refractivity contribution in [3.8, 4) is 0 Å². The molecule has 7 heteroatoms. The maximum atomic E-state index is 12.3. The highest BCUT2D eigenvalue weighted by Gasteiger charge is 2.34. The first-order valence-electron chi connectivity index (χ1n) is 6.86. The second kappa shape index (κ2) is 5.76. The van der Waals surface area contributed by atoms with Crippen LogP contribution in [0.15, 0.2) is 0 Å². The van der Waals surface area contributed by atoms with Gasteiger partial charge in [-0.05, 0) is 31.7 Å². The van der Waals surface area contributed by atoms with E-state index in [-0.39, 0.29) is 18.0 Å². The fraction of sp³-hybridized carbons (Fsp3) is 0.917. The normalized spacial score (nSPS) is 29.7. The van der Waals surface area contributed by atoms with Crippen molar-refractivity contribution in [2.75, 3.05) is 25.9 Å². The average Bonchev–Trinajstić information content (AvgIpc) is 2.73. The molecule has 0 aromatic heterocycles. The molecule has 2 aliphatic heterocycles. The van der Waals surface area contributed by atoms with Crippen LogP contribution >= 0.6 is 0 Å². The van der Waals surface area contributed by atoms with E-state index in [1.165, 1.54) is 6.26 Å². The topological polar surface area (TPSA) is 78.5 Å². The third kappa shape index (κ3) is 3.90. The number of rotatable bonds is 3. The molecule has 6 nitrogen and oxygen atoms in total. The zero-order chi connectivity index (χ0) is 14.0. The van der Waals surface area contributed by atoms with Gasteiger partial charge in [0, 0.05) is 19.1 Å². The zero-order valence-corrected chi connectivity index (χ0v) is 12.4. The minimum Gasteiger partial charge on any atom is -0.341 e. The summed E-state index contributed by atoms with van der Waals surface area (Å²) in [7, 11) is -3.15. The summed E-state index contributed by atoms with van der Waals surface area (Å²) < 4.78 is 24.9. The molecular weight excluding hydrogens is 266 g/mol. The van der Waals surface area contributed by atoms with Gasteiger partial charge in [0.15, 0.2) is 0 Å². The Morgan fingerprint density at radius 2 is 1.89 bits per heavy atom. The molecule has 2 rings (SSSR count). The third-order valence-electron chi connectivity index (χ3n) is 3.99. The second-order valence-electron chi connectivity index (χ2n) is 5.69. The van der Waals surface area contributed by atoms with Crippen molar-refractivity contribution < 1.29 is 13.2 Å². The van der Waals surface area contributed by atoms with Gasteiger partial charge in [0.25, 0.3) is 0 Å². The first-order chi connectivity index (χ1) is 8.87. The van der Waals surface area contributed by atoms with Crippen LogP contribution in [0, 0.1) is 5.92 Å². The molecule has 2 fully saturated rings. The van der Waals surface area contributed by atoms with Crippen LogP contribution in [0.4, 0.5) is 0 Å². The molecule has 0 radical (unpaired) electrons. The number of amides is 1. The average molecular weight is 289 g/mol. The van der Waals surface area contributed by atoms with Crippen molar-refractivity contribution in [1.29, 1.82) is 0 Å². The van der Waals surface area contributed by atoms with E-state index >= 15 is 0 Å². The summed E-state index contributed by atoms with van der Waals surface area (Å²) in [5.41, 5.74) is 0. The number of sulfonamides is 1. The van der Waals surface area contributed by atoms with Crippen molar-refractivity contribution in [2.24, 2.45) is 5.92 Å². The minimum absolute atomic E-state index is 0.0342. The number of nitrogens with one attached hydrogen (secondary N) is 2. The maximum absolute atomic E-state index is 12.3. The van der Waals surface area contributed by atoms with Gasteiger partial charge in [-0.15, -0.1) is 0 Å². The molecule has 2 atom stereocenters. The van der Waals surface area contributed by atoms with Gasteiger partial charge >= 0.3 is 0 Å². The highest BCUT2D eigenvalue weighted by molar-refractivity contribution is 7.88. The number of hydrogen-bond donors (Lipinski definition) is 2. The molecule has 0 saturated carbocycles. The molecule has 1 amide bonds. The highest BCUT2D eigenvalue weighted by Crippen LogP contribution is 2.19. The lowest BCUT2D eigenvalue weighted by Gasteiger charge is -2.34. The molecule has 0 bridgehead atoms. The van der Waals surface area contributed by atoms with Gasteiger partial charge in [0.1, 0.15) is 0 Å². The molecule has 0 aromatic carbocycles. The van der Waals surface area contributed by atoms with Gasteiger partial charge in [-0.1, -0.05) is 6.92 Å². The summed E-state index contributed by atoms with van der Waals surface area (Å²) in [6, 6.07) is -0.0903. The van der Waals surface area contributed by atoms with Crippen molar-refractivity contribution in [3.05, 3.63) is 0 Å². The van der Waals surface area contributed by atoms with Gasteiger partial charge in [-0.25, -0.2) is 13.1 Å². The van der Waals surface area contributed by atoms with E-state index in [4.69, 9.17) is 0 Å². The lowest BCUT2D eigenvalue weighted by Crippen LogP contribution is -2.51. The SMILES string of the molecule is CC1CCNC1C(=O)N1CCC(NS(C)(=O)=O)CC1. The number of carbonyl (C=O) groups excluding carboxylic acids is 1. The summed E-state index contributed by atoms with van der Waals surface area (Å²) in [6.07, 6.45) is 3.61. The fourth-order valence-electron chi connectivity index (χ4n) is 2.88. The van der Waals surface area contributed by atoms with Crippen LogP contribution < -0.4 is 10.0 Å². The molecule has 19 heavy (non-hydrogen) atoms. The smallest absolute Gasteiger partial charge is 0.239 e. The Bertz CT molecular complexity index is 430. The molecule has 2 unspecified atom stereocenters. The largest absolute Gasteiger partial charge is 0.341 e. The van der Waals surface area contributed by atoms with Gasteiger partial charge in [0.2, 0.25) is 15.9 Å². The first-order valence-corrected chi connectivity index (χ1v) is 8.75. The number of likely N-dealkylation sites (tertiary alicyclic amines) is 1. The van der Waals surface area contributed by atoms with Crippen molar-refractivity contribution in [3.63, 3.8) is 0 Å². The lowest BCUT2D eigenvalue weighted by molar-refractivity contribution is -0.135. The maximum Gasteiger partial charge on any atom is 0.239 e. The standard InChI is InChI=1S/C12H23N3O3S/c1-9-3-6-13-11(9)12(16)15-7-4-10(5-8-15)14-19(2,17)18/h9-11,13-14H,3-8H2,1-2H3. The van der Waals surface area contributed by atoms with Gasteiger partial charge in [-0.2, -0.15) is 0 Å². The van der Waals surface area contributed by atoms with E-state index in [1.807, 2.05) is 4.90 Å². The molecular formula is C12H23N3O3S. The summed E-state index contributed by atoms with van der Waals surface area (Å²) in [4.78, 5) is 14.2. The molecule has 0 spiro atoms. The Balaban J connectivity index is 1.84. The number of piperidine rings is 1. The van der Waals surface area contributed by atoms with E-state index in [9.17, 15) is 13.2 Å². The summed E-state index contributed by atoms with van der Waals surface area (Å²) >= 11 is 0. The third-order valence-corrected chi connectivity index (χ3v) is 4.75. The Labute approximate surface area is 115 Å². The molecule has 2 saturated heterocycles. The molecule has 2 heterocycles. The van der Waals surface area contributed by atoms with E-state index in [0.717, 1.165) is 13.0 Å². The quantitative estimate of drug-likeness (QED) is 0.736. The van der Waals surface area contributed by atoms with Gasteiger partial charge < -0.3 is 10.2 Å². The zero-order valence-electron chi connectivity index (χ0n) is 11.6. The predicted molar refractivity (Wildman–Crippen MR) is 73.2 cm³/mol. The number of carbonyl (C=O) groups is 1. The van der Waals surface area contributed by atoms with E-state index in [2.05, 4.69) is 17.0 Å². The monoisotopic (exact) mass is 289 g/mol. The van der Waals surface area contributed by atoms with Crippen LogP contribution in [0.25, 0.3) is 0 Å². The Morgan fingerprint density at radius 3 is 2.37 bits per heavy atom. The van der Waals surface area contributed by atoms with Crippen molar-refractivity contribution >= 4 is 15.9 Å². The van der Waals surface area contributed by atoms with Crippen LogP contribution in [0.5, 0.6) is 0 Å². The van der Waals surface area contributed by atoms with E-state index in [1.54, 1.807) is 0 Å². The van der Waals surface area contributed by atoms with Crippen molar-refractivity contribution in [1.82, 2.24) is 14.9 Å². The van der Waals surface area contributed by atoms with E-state index in [0.29, 0.717) is 31.8 Å². The van der Waals surface area contributed by atoms with Crippen LogP contribution in [0.3, 0.4) is 0 Å². The lowest BCUT2D eigenvalue weighted by atomic mass is 10.00. The highest BCUT2D eigenvalue weighted by atomic mass is 32.2. The second-order valence-corrected chi connectivity index (χ2v) is 7.47. The first kappa shape index (κ1) is 14.7. The van der Waals surface area contributed by atoms with Gasteiger partial charge in [-0.3, -0.25) is 4.79 Å². The Hall–Kier alpha value is -0.660. The summed E-state index contributed by atoms with van der Waals surface area (Å²) in [5, 5.41) is 3.25. The fourth-order valence-corrected chi connectivity index (χ4v) is 3.72. The summed E-state index contributed by atoms with van der Waals surface area (Å²) in [5.74, 6) is 0.558. The molecule has 2 N–H and O–H groups in total. The molecule has 0 aromatic rings. The number of hydrogen-bond acceptors (Lipinski definition) is 4. The van der Waals surface area contributed by atoms with Crippen LogP contribution in [-0.2, 0) is 14.8 Å². The summed E-state index contributed by atoms with van der Waals surface area (Å²) in [6.45, 7) is 4.28. The van der Waals surface area contributed by atoms with Crippen LogP contribution in [0.1, 0.15) is 26.2 Å². The Kier molecular flexibility index (Phi) is 4.47.